The number of fused-ring (bicyclic) bond motifs is 7. The summed E-state index contributed by atoms with van der Waals surface area (Å²) < 4.78 is 82.2. The van der Waals surface area contributed by atoms with Crippen molar-refractivity contribution in [2.24, 2.45) is 0 Å². The molecule has 2 N–H and O–H groups in total. The number of terminal acetylenes is 1. The first-order valence-corrected chi connectivity index (χ1v) is 17.0. The first kappa shape index (κ1) is 31.6. The van der Waals surface area contributed by atoms with E-state index in [2.05, 4.69) is 25.9 Å². The molecule has 0 radical (unpaired) electrons. The summed E-state index contributed by atoms with van der Waals surface area (Å²) in [6, 6.07) is 5.80. The van der Waals surface area contributed by atoms with Crippen LogP contribution in [0, 0.1) is 24.0 Å². The van der Waals surface area contributed by atoms with Gasteiger partial charge in [-0.15, -0.1) is 19.6 Å². The highest BCUT2D eigenvalue weighted by Crippen LogP contribution is 2.45. The number of rotatable bonds is 5. The van der Waals surface area contributed by atoms with Gasteiger partial charge in [0.05, 0.1) is 28.3 Å². The maximum Gasteiger partial charge on any atom is 0.522 e. The van der Waals surface area contributed by atoms with E-state index in [1.807, 2.05) is 4.90 Å². The van der Waals surface area contributed by atoms with Gasteiger partial charge in [0.25, 0.3) is 0 Å². The van der Waals surface area contributed by atoms with E-state index in [9.17, 15) is 18.3 Å². The number of aryl methyl sites for hydroxylation is 1. The molecule has 0 saturated carbocycles. The Labute approximate surface area is 283 Å². The molecule has 2 aromatic carbocycles. The monoisotopic (exact) mass is 692 g/mol. The number of aromatic nitrogens is 3. The predicted octanol–water partition coefficient (Wildman–Crippen LogP) is 5.59. The molecule has 5 aliphatic heterocycles. The van der Waals surface area contributed by atoms with Gasteiger partial charge in [0.1, 0.15) is 35.2 Å². The van der Waals surface area contributed by atoms with Crippen LogP contribution in [0.25, 0.3) is 32.9 Å². The van der Waals surface area contributed by atoms with Crippen molar-refractivity contribution in [2.45, 2.75) is 81.1 Å². The number of nitrogens with zero attached hydrogens (tertiary/aromatic N) is 5. The molecular formula is C36H33F5N6O3. The summed E-state index contributed by atoms with van der Waals surface area (Å²) >= 11 is 0. The van der Waals surface area contributed by atoms with E-state index in [0.29, 0.717) is 54.6 Å². The van der Waals surface area contributed by atoms with E-state index in [4.69, 9.17) is 21.1 Å². The average Bonchev–Trinajstić information content (AvgIpc) is 3.71. The molecule has 4 saturated heterocycles. The van der Waals surface area contributed by atoms with Crippen molar-refractivity contribution in [3.63, 3.8) is 0 Å². The lowest BCUT2D eigenvalue weighted by atomic mass is 9.94. The van der Waals surface area contributed by atoms with Crippen LogP contribution in [0.2, 0.25) is 0 Å². The molecule has 9 rings (SSSR count). The number of alkyl halides is 3. The first-order chi connectivity index (χ1) is 24.0. The van der Waals surface area contributed by atoms with Crippen molar-refractivity contribution in [1.82, 2.24) is 25.2 Å². The number of anilines is 1. The van der Waals surface area contributed by atoms with Crippen LogP contribution < -0.4 is 15.0 Å². The molecule has 2 aromatic heterocycles. The summed E-state index contributed by atoms with van der Waals surface area (Å²) in [6.45, 7) is 1.39. The third-order valence-electron chi connectivity index (χ3n) is 11.3. The fraction of sp³-hybridized carbons (Fsp3) is 0.472. The van der Waals surface area contributed by atoms with Gasteiger partial charge in [0.2, 0.25) is 0 Å². The molecule has 260 valence electrons. The predicted molar refractivity (Wildman–Crippen MR) is 174 cm³/mol. The minimum Gasteiger partial charge on any atom is -0.508 e. The number of piperazine rings is 1. The van der Waals surface area contributed by atoms with Gasteiger partial charge in [-0.05, 0) is 75.1 Å². The number of aromatic hydroxyl groups is 1. The number of phenols is 1. The molecule has 0 amide bonds. The highest BCUT2D eigenvalue weighted by molar-refractivity contribution is 6.03. The maximum absolute atomic E-state index is 17.1. The van der Waals surface area contributed by atoms with Gasteiger partial charge in [-0.2, -0.15) is 9.97 Å². The van der Waals surface area contributed by atoms with E-state index in [0.717, 1.165) is 19.3 Å². The van der Waals surface area contributed by atoms with Crippen LogP contribution in [0.1, 0.15) is 49.8 Å². The number of benzene rings is 2. The Morgan fingerprint density at radius 1 is 1.08 bits per heavy atom. The summed E-state index contributed by atoms with van der Waals surface area (Å²) in [6.07, 6.45) is 4.67. The van der Waals surface area contributed by atoms with Gasteiger partial charge in [0, 0.05) is 42.2 Å². The highest BCUT2D eigenvalue weighted by Gasteiger charge is 2.52. The topological polar surface area (TPSA) is 95.9 Å². The molecular weight excluding hydrogens is 659 g/mol. The maximum atomic E-state index is 17.1. The van der Waals surface area contributed by atoms with Gasteiger partial charge in [-0.3, -0.25) is 9.64 Å². The van der Waals surface area contributed by atoms with Crippen molar-refractivity contribution < 1.29 is 36.5 Å². The standard InChI is InChI=1S/C36H33F5N6O3/c1-2-22-24(37)6-4-18-12-20(48)13-23(28(18)22)31-30(38)32-29-26(43-31)8-9-27-25-7-5-19(42-25)15-47(27)33(29)45-34(44-32)49-17-35-10-3-11-46(35)16-21(14-35)50-36(39,40)41/h1,4,6,12-13,19,21,25,27,42,48H,3,5,7-11,14-17H2/t19-,21?,25+,27-,35?/m1/s1. The van der Waals surface area contributed by atoms with E-state index < -0.39 is 29.6 Å². The summed E-state index contributed by atoms with van der Waals surface area (Å²) in [5, 5.41) is 15.5. The molecule has 0 aliphatic carbocycles. The van der Waals surface area contributed by atoms with Crippen molar-refractivity contribution in [1.29, 1.82) is 0 Å². The zero-order chi connectivity index (χ0) is 34.5. The number of nitrogens with one attached hydrogen (secondary N) is 1. The lowest BCUT2D eigenvalue weighted by molar-refractivity contribution is -0.340. The number of ether oxygens (including phenoxy) is 2. The van der Waals surface area contributed by atoms with Gasteiger partial charge < -0.3 is 20.1 Å². The van der Waals surface area contributed by atoms with Crippen LogP contribution in [-0.4, -0.2) is 87.3 Å². The van der Waals surface area contributed by atoms with Gasteiger partial charge in [-0.1, -0.05) is 12.0 Å². The Kier molecular flexibility index (Phi) is 7.18. The van der Waals surface area contributed by atoms with Crippen LogP contribution in [0.3, 0.4) is 0 Å². The van der Waals surface area contributed by atoms with Crippen molar-refractivity contribution in [2.75, 3.05) is 31.1 Å². The van der Waals surface area contributed by atoms with Crippen LogP contribution in [0.4, 0.5) is 27.8 Å². The van der Waals surface area contributed by atoms with Crippen LogP contribution in [0.15, 0.2) is 24.3 Å². The third kappa shape index (κ3) is 5.04. The zero-order valence-corrected chi connectivity index (χ0v) is 26.9. The summed E-state index contributed by atoms with van der Waals surface area (Å²) in [7, 11) is 0. The summed E-state index contributed by atoms with van der Waals surface area (Å²) in [5.74, 6) is 1.22. The van der Waals surface area contributed by atoms with Gasteiger partial charge in [0.15, 0.2) is 5.82 Å². The van der Waals surface area contributed by atoms with Crippen LogP contribution >= 0.6 is 0 Å². The number of pyridine rings is 1. The average molecular weight is 693 g/mol. The molecule has 0 spiro atoms. The molecule has 2 unspecified atom stereocenters. The molecule has 5 atom stereocenters. The Morgan fingerprint density at radius 3 is 2.76 bits per heavy atom. The Morgan fingerprint density at radius 2 is 1.94 bits per heavy atom. The molecule has 9 nitrogen and oxygen atoms in total. The largest absolute Gasteiger partial charge is 0.522 e. The highest BCUT2D eigenvalue weighted by atomic mass is 19.4. The number of phenolic OH excluding ortho intramolecular Hbond substituents is 1. The number of hydrogen-bond donors (Lipinski definition) is 2. The fourth-order valence-electron chi connectivity index (χ4n) is 9.30. The zero-order valence-electron chi connectivity index (χ0n) is 26.9. The molecule has 14 heteroatoms. The van der Waals surface area contributed by atoms with Gasteiger partial charge in [-0.25, -0.2) is 13.8 Å². The van der Waals surface area contributed by atoms with Crippen molar-refractivity contribution in [3.8, 4) is 35.4 Å². The molecule has 4 aromatic rings. The quantitative estimate of drug-likeness (QED) is 0.205. The molecule has 5 aliphatic rings. The smallest absolute Gasteiger partial charge is 0.508 e. The number of halogens is 5. The van der Waals surface area contributed by atoms with Crippen molar-refractivity contribution >= 4 is 27.5 Å². The minimum absolute atomic E-state index is 0.000314. The molecule has 2 bridgehead atoms. The second-order valence-corrected chi connectivity index (χ2v) is 14.2. The van der Waals surface area contributed by atoms with E-state index in [1.165, 1.54) is 24.3 Å². The first-order valence-electron chi connectivity index (χ1n) is 17.0. The summed E-state index contributed by atoms with van der Waals surface area (Å²) in [4.78, 5) is 18.5. The normalized spacial score (nSPS) is 27.4. The SMILES string of the molecule is C#Cc1c(F)ccc2cc(O)cc(-c3nc4c5c(nc(OCC67CCCN6CC(OC(F)(F)F)C7)nc5c3F)N3C[C@H]5CC[C@H](N5)[C@H]3CC4)c12. The molecule has 50 heavy (non-hydrogen) atoms. The van der Waals surface area contributed by atoms with E-state index >= 15 is 8.78 Å². The Bertz CT molecular complexity index is 2110. The molecule has 7 heterocycles. The van der Waals surface area contributed by atoms with E-state index in [-0.39, 0.29) is 77.2 Å². The van der Waals surface area contributed by atoms with Crippen molar-refractivity contribution in [3.05, 3.63) is 47.2 Å². The number of hydrogen-bond acceptors (Lipinski definition) is 9. The second kappa shape index (κ2) is 11.3. The lowest BCUT2D eigenvalue weighted by Crippen LogP contribution is -2.58. The van der Waals surface area contributed by atoms with Crippen LogP contribution in [0.5, 0.6) is 11.8 Å². The Balaban J connectivity index is 1.19. The summed E-state index contributed by atoms with van der Waals surface area (Å²) in [5.41, 5.74) is -0.299. The van der Waals surface area contributed by atoms with Gasteiger partial charge >= 0.3 is 12.4 Å². The van der Waals surface area contributed by atoms with Crippen LogP contribution in [-0.2, 0) is 11.2 Å². The Hall–Kier alpha value is -4.32. The fourth-order valence-corrected chi connectivity index (χ4v) is 9.30. The lowest BCUT2D eigenvalue weighted by Gasteiger charge is -2.41. The minimum atomic E-state index is -4.75. The van der Waals surface area contributed by atoms with E-state index in [1.54, 1.807) is 0 Å². The second-order valence-electron chi connectivity index (χ2n) is 14.2. The third-order valence-corrected chi connectivity index (χ3v) is 11.3. The molecule has 4 fully saturated rings.